The smallest absolute Gasteiger partial charge is 0.167 e. The molecule has 0 amide bonds. The average molecular weight is 278 g/mol. The summed E-state index contributed by atoms with van der Waals surface area (Å²) in [6.07, 6.45) is 1.99. The fourth-order valence-corrected chi connectivity index (χ4v) is 2.63. The minimum absolute atomic E-state index is 0.151. The molecule has 106 valence electrons. The van der Waals surface area contributed by atoms with Crippen molar-refractivity contribution in [2.24, 2.45) is 0 Å². The van der Waals surface area contributed by atoms with Crippen molar-refractivity contribution in [2.75, 3.05) is 6.54 Å². The predicted molar refractivity (Wildman–Crippen MR) is 71.0 cm³/mol. The van der Waals surface area contributed by atoms with Crippen molar-refractivity contribution in [2.45, 2.75) is 32.4 Å². The molecule has 0 aliphatic carbocycles. The van der Waals surface area contributed by atoms with Crippen LogP contribution in [-0.4, -0.2) is 21.3 Å². The quantitative estimate of drug-likeness (QED) is 0.938. The zero-order valence-corrected chi connectivity index (χ0v) is 11.2. The van der Waals surface area contributed by atoms with Gasteiger partial charge in [-0.25, -0.2) is 8.78 Å². The normalized spacial score (nSPS) is 18.1. The molecule has 1 aromatic heterocycles. The van der Waals surface area contributed by atoms with Crippen molar-refractivity contribution in [1.29, 1.82) is 0 Å². The number of aromatic nitrogens is 3. The summed E-state index contributed by atoms with van der Waals surface area (Å²) in [7, 11) is 0. The molecular weight excluding hydrogens is 262 g/mol. The second-order valence-electron chi connectivity index (χ2n) is 4.95. The molecule has 1 N–H and O–H groups in total. The van der Waals surface area contributed by atoms with Gasteiger partial charge in [-0.1, -0.05) is 13.3 Å². The number of rotatable bonds is 3. The van der Waals surface area contributed by atoms with E-state index in [1.54, 1.807) is 0 Å². The summed E-state index contributed by atoms with van der Waals surface area (Å²) in [5, 5.41) is 11.7. The van der Waals surface area contributed by atoms with E-state index in [1.807, 2.05) is 4.57 Å². The first kappa shape index (κ1) is 13.2. The second-order valence-corrected chi connectivity index (χ2v) is 4.95. The molecule has 2 heterocycles. The molecule has 0 bridgehead atoms. The van der Waals surface area contributed by atoms with E-state index in [-0.39, 0.29) is 6.04 Å². The van der Waals surface area contributed by atoms with Gasteiger partial charge < -0.3 is 9.88 Å². The van der Waals surface area contributed by atoms with Gasteiger partial charge in [-0.15, -0.1) is 10.2 Å². The minimum Gasteiger partial charge on any atom is -0.308 e. The Hall–Kier alpha value is -1.82. The lowest BCUT2D eigenvalue weighted by Gasteiger charge is -2.24. The van der Waals surface area contributed by atoms with E-state index >= 15 is 0 Å². The van der Waals surface area contributed by atoms with Gasteiger partial charge in [0.25, 0.3) is 0 Å². The fraction of sp³-hybridized carbons (Fsp3) is 0.429. The summed E-state index contributed by atoms with van der Waals surface area (Å²) in [5.41, 5.74) is 0.294. The Balaban J connectivity index is 2.04. The van der Waals surface area contributed by atoms with Crippen molar-refractivity contribution >= 4 is 0 Å². The van der Waals surface area contributed by atoms with Crippen LogP contribution in [0.15, 0.2) is 18.2 Å². The summed E-state index contributed by atoms with van der Waals surface area (Å²) in [6, 6.07) is 3.68. The monoisotopic (exact) mass is 278 g/mol. The highest BCUT2D eigenvalue weighted by molar-refractivity contribution is 5.56. The number of hydrogen-bond donors (Lipinski definition) is 1. The first-order valence-corrected chi connectivity index (χ1v) is 6.82. The molecule has 2 aromatic rings. The molecule has 0 saturated heterocycles. The van der Waals surface area contributed by atoms with E-state index in [9.17, 15) is 8.78 Å². The van der Waals surface area contributed by atoms with Crippen LogP contribution < -0.4 is 5.32 Å². The molecule has 1 atom stereocenters. The van der Waals surface area contributed by atoms with Gasteiger partial charge >= 0.3 is 0 Å². The van der Waals surface area contributed by atoms with Crippen molar-refractivity contribution in [3.8, 4) is 11.4 Å². The van der Waals surface area contributed by atoms with Gasteiger partial charge in [0.1, 0.15) is 11.6 Å². The van der Waals surface area contributed by atoms with Crippen molar-refractivity contribution in [3.05, 3.63) is 35.7 Å². The summed E-state index contributed by atoms with van der Waals surface area (Å²) < 4.78 is 28.8. The Morgan fingerprint density at radius 3 is 2.95 bits per heavy atom. The third-order valence-electron chi connectivity index (χ3n) is 3.57. The zero-order chi connectivity index (χ0) is 14.1. The lowest BCUT2D eigenvalue weighted by molar-refractivity contribution is 0.394. The maximum Gasteiger partial charge on any atom is 0.167 e. The molecule has 0 fully saturated rings. The van der Waals surface area contributed by atoms with Gasteiger partial charge in [0.2, 0.25) is 0 Å². The van der Waals surface area contributed by atoms with Crippen LogP contribution in [0.2, 0.25) is 0 Å². The van der Waals surface area contributed by atoms with E-state index in [0.29, 0.717) is 17.9 Å². The Kier molecular flexibility index (Phi) is 3.48. The number of nitrogens with one attached hydrogen (secondary N) is 1. The highest BCUT2D eigenvalue weighted by atomic mass is 19.1. The molecule has 0 radical (unpaired) electrons. The van der Waals surface area contributed by atoms with Crippen LogP contribution in [0.5, 0.6) is 0 Å². The molecule has 0 spiro atoms. The first-order valence-electron chi connectivity index (χ1n) is 6.82. The van der Waals surface area contributed by atoms with Crippen LogP contribution in [0.4, 0.5) is 8.78 Å². The van der Waals surface area contributed by atoms with E-state index < -0.39 is 11.6 Å². The predicted octanol–water partition coefficient (Wildman–Crippen LogP) is 2.67. The summed E-state index contributed by atoms with van der Waals surface area (Å²) >= 11 is 0. The largest absolute Gasteiger partial charge is 0.308 e. The van der Waals surface area contributed by atoms with E-state index in [0.717, 1.165) is 31.3 Å². The first-order chi connectivity index (χ1) is 9.70. The second kappa shape index (κ2) is 5.28. The molecule has 1 aromatic carbocycles. The molecule has 1 unspecified atom stereocenters. The lowest BCUT2D eigenvalue weighted by Crippen LogP contribution is -2.33. The number of halogens is 2. The van der Waals surface area contributed by atoms with E-state index in [1.165, 1.54) is 12.1 Å². The maximum atomic E-state index is 13.9. The SMILES string of the molecule is CCCC1NCCn2c(-c3ccc(F)cc3F)nnc21. The van der Waals surface area contributed by atoms with Gasteiger partial charge in [0, 0.05) is 19.2 Å². The van der Waals surface area contributed by atoms with E-state index in [4.69, 9.17) is 0 Å². The molecule has 1 aliphatic heterocycles. The van der Waals surface area contributed by atoms with Crippen molar-refractivity contribution in [1.82, 2.24) is 20.1 Å². The molecule has 0 saturated carbocycles. The Labute approximate surface area is 115 Å². The topological polar surface area (TPSA) is 42.7 Å². The molecular formula is C14H16F2N4. The molecule has 4 nitrogen and oxygen atoms in total. The molecule has 1 aliphatic rings. The minimum atomic E-state index is -0.606. The maximum absolute atomic E-state index is 13.9. The Bertz CT molecular complexity index is 624. The van der Waals surface area contributed by atoms with Crippen LogP contribution >= 0.6 is 0 Å². The highest BCUT2D eigenvalue weighted by Gasteiger charge is 2.25. The van der Waals surface area contributed by atoms with Crippen LogP contribution in [0.1, 0.15) is 31.6 Å². The van der Waals surface area contributed by atoms with Gasteiger partial charge in [-0.05, 0) is 18.6 Å². The van der Waals surface area contributed by atoms with Crippen LogP contribution in [-0.2, 0) is 6.54 Å². The van der Waals surface area contributed by atoms with Gasteiger partial charge in [0.15, 0.2) is 11.6 Å². The van der Waals surface area contributed by atoms with Crippen LogP contribution in [0.3, 0.4) is 0 Å². The number of nitrogens with zero attached hydrogens (tertiary/aromatic N) is 3. The molecule has 20 heavy (non-hydrogen) atoms. The average Bonchev–Trinajstić information content (AvgIpc) is 2.84. The summed E-state index contributed by atoms with van der Waals surface area (Å²) in [6.45, 7) is 3.60. The summed E-state index contributed by atoms with van der Waals surface area (Å²) in [4.78, 5) is 0. The Morgan fingerprint density at radius 1 is 1.35 bits per heavy atom. The Morgan fingerprint density at radius 2 is 2.20 bits per heavy atom. The number of hydrogen-bond acceptors (Lipinski definition) is 3. The van der Waals surface area contributed by atoms with E-state index in [2.05, 4.69) is 22.4 Å². The summed E-state index contributed by atoms with van der Waals surface area (Å²) in [5.74, 6) is 0.109. The third kappa shape index (κ3) is 2.20. The highest BCUT2D eigenvalue weighted by Crippen LogP contribution is 2.27. The number of fused-ring (bicyclic) bond motifs is 1. The molecule has 6 heteroatoms. The van der Waals surface area contributed by atoms with Gasteiger partial charge in [0.05, 0.1) is 11.6 Å². The third-order valence-corrected chi connectivity index (χ3v) is 3.57. The van der Waals surface area contributed by atoms with Crippen molar-refractivity contribution in [3.63, 3.8) is 0 Å². The van der Waals surface area contributed by atoms with Gasteiger partial charge in [-0.2, -0.15) is 0 Å². The molecule has 3 rings (SSSR count). The van der Waals surface area contributed by atoms with Crippen molar-refractivity contribution < 1.29 is 8.78 Å². The fourth-order valence-electron chi connectivity index (χ4n) is 2.63. The van der Waals surface area contributed by atoms with Crippen LogP contribution in [0, 0.1) is 11.6 Å². The van der Waals surface area contributed by atoms with Gasteiger partial charge in [-0.3, -0.25) is 0 Å². The zero-order valence-electron chi connectivity index (χ0n) is 11.2. The lowest BCUT2D eigenvalue weighted by atomic mass is 10.1. The number of benzene rings is 1. The standard InChI is InChI=1S/C14H16F2N4/c1-2-3-12-14-19-18-13(20(14)7-6-17-12)10-5-4-9(15)8-11(10)16/h4-5,8,12,17H,2-3,6-7H2,1H3. The van der Waals surface area contributed by atoms with Crippen LogP contribution in [0.25, 0.3) is 11.4 Å².